The number of pyridine rings is 1. The number of hydrogen-bond acceptors (Lipinski definition) is 3. The van der Waals surface area contributed by atoms with Crippen molar-refractivity contribution in [3.05, 3.63) is 21.3 Å². The summed E-state index contributed by atoms with van der Waals surface area (Å²) < 4.78 is 5.07. The fourth-order valence-electron chi connectivity index (χ4n) is 1.55. The minimum atomic E-state index is -0.463. The molecule has 1 aliphatic rings. The van der Waals surface area contributed by atoms with E-state index >= 15 is 0 Å². The first-order valence-electron chi connectivity index (χ1n) is 5.06. The van der Waals surface area contributed by atoms with Crippen molar-refractivity contribution in [2.24, 2.45) is 0 Å². The Balaban J connectivity index is 2.12. The van der Waals surface area contributed by atoms with Crippen molar-refractivity contribution in [3.63, 3.8) is 0 Å². The molecule has 1 aromatic heterocycles. The molecule has 1 amide bonds. The smallest absolute Gasteiger partial charge is 0.389 e. The van der Waals surface area contributed by atoms with Crippen LogP contribution in [0.25, 0.3) is 0 Å². The summed E-state index contributed by atoms with van der Waals surface area (Å²) >= 11 is 17.3. The summed E-state index contributed by atoms with van der Waals surface area (Å²) in [6.07, 6.45) is 1.50. The third kappa shape index (κ3) is 2.94. The third-order valence-corrected chi connectivity index (χ3v) is 3.35. The number of ether oxygens (including phenoxy) is 1. The number of rotatable bonds is 1. The highest BCUT2D eigenvalue weighted by molar-refractivity contribution is 6.42. The Morgan fingerprint density at radius 1 is 1.24 bits per heavy atom. The Morgan fingerprint density at radius 3 is 2.53 bits per heavy atom. The van der Waals surface area contributed by atoms with Crippen LogP contribution in [0.4, 0.5) is 4.79 Å². The van der Waals surface area contributed by atoms with Crippen molar-refractivity contribution < 1.29 is 9.53 Å². The maximum atomic E-state index is 11.7. The molecule has 0 atom stereocenters. The normalized spacial score (nSPS) is 15.1. The molecule has 0 aromatic carbocycles. The monoisotopic (exact) mass is 294 g/mol. The maximum absolute atomic E-state index is 11.7. The summed E-state index contributed by atoms with van der Waals surface area (Å²) in [7, 11) is 0. The van der Waals surface area contributed by atoms with Crippen molar-refractivity contribution in [3.8, 4) is 5.88 Å². The summed E-state index contributed by atoms with van der Waals surface area (Å²) in [5.74, 6) is -0.0158. The van der Waals surface area contributed by atoms with Gasteiger partial charge in [-0.25, -0.2) is 4.79 Å². The lowest BCUT2D eigenvalue weighted by Crippen LogP contribution is -2.30. The van der Waals surface area contributed by atoms with Gasteiger partial charge in [-0.15, -0.1) is 0 Å². The van der Waals surface area contributed by atoms with Crippen LogP contribution in [0.5, 0.6) is 5.88 Å². The van der Waals surface area contributed by atoms with Crippen LogP contribution in [0.1, 0.15) is 12.8 Å². The van der Waals surface area contributed by atoms with Gasteiger partial charge in [0.15, 0.2) is 5.15 Å². The summed E-state index contributed by atoms with van der Waals surface area (Å²) in [4.78, 5) is 17.1. The van der Waals surface area contributed by atoms with Gasteiger partial charge in [0.25, 0.3) is 0 Å². The van der Waals surface area contributed by atoms with Crippen LogP contribution in [0.3, 0.4) is 0 Å². The fourth-order valence-corrected chi connectivity index (χ4v) is 2.08. The number of nitrogens with zero attached hydrogens (tertiary/aromatic N) is 2. The third-order valence-electron chi connectivity index (χ3n) is 2.40. The van der Waals surface area contributed by atoms with Gasteiger partial charge in [-0.2, -0.15) is 4.98 Å². The zero-order valence-electron chi connectivity index (χ0n) is 8.75. The highest BCUT2D eigenvalue weighted by Crippen LogP contribution is 2.30. The molecule has 1 fully saturated rings. The van der Waals surface area contributed by atoms with E-state index in [4.69, 9.17) is 39.5 Å². The second-order valence-electron chi connectivity index (χ2n) is 3.61. The van der Waals surface area contributed by atoms with E-state index in [0.717, 1.165) is 12.8 Å². The molecule has 0 radical (unpaired) electrons. The van der Waals surface area contributed by atoms with E-state index in [0.29, 0.717) is 13.1 Å². The van der Waals surface area contributed by atoms with E-state index in [1.165, 1.54) is 6.07 Å². The van der Waals surface area contributed by atoms with Gasteiger partial charge in [0.05, 0.1) is 5.02 Å². The second-order valence-corrected chi connectivity index (χ2v) is 4.78. The molecule has 92 valence electrons. The van der Waals surface area contributed by atoms with Crippen LogP contribution in [0.15, 0.2) is 6.07 Å². The molecule has 1 aromatic rings. The largest absolute Gasteiger partial charge is 0.416 e. The number of halogens is 3. The van der Waals surface area contributed by atoms with Crippen LogP contribution in [-0.2, 0) is 0 Å². The lowest BCUT2D eigenvalue weighted by atomic mass is 10.4. The molecule has 1 aliphatic heterocycles. The van der Waals surface area contributed by atoms with Crippen molar-refractivity contribution in [1.29, 1.82) is 0 Å². The zero-order chi connectivity index (χ0) is 12.4. The highest BCUT2D eigenvalue weighted by Gasteiger charge is 2.21. The summed E-state index contributed by atoms with van der Waals surface area (Å²) in [6.45, 7) is 1.38. The molecule has 0 bridgehead atoms. The van der Waals surface area contributed by atoms with E-state index < -0.39 is 6.09 Å². The number of hydrogen-bond donors (Lipinski definition) is 0. The predicted octanol–water partition coefficient (Wildman–Crippen LogP) is 3.64. The average molecular weight is 296 g/mol. The summed E-state index contributed by atoms with van der Waals surface area (Å²) in [5, 5.41) is 0.435. The van der Waals surface area contributed by atoms with E-state index in [-0.39, 0.29) is 21.1 Å². The minimum absolute atomic E-state index is 0.0158. The molecule has 0 saturated carbocycles. The number of likely N-dealkylation sites (tertiary alicyclic amines) is 1. The molecule has 0 unspecified atom stereocenters. The first kappa shape index (κ1) is 12.7. The molecule has 4 nitrogen and oxygen atoms in total. The molecule has 17 heavy (non-hydrogen) atoms. The quantitative estimate of drug-likeness (QED) is 0.743. The van der Waals surface area contributed by atoms with E-state index in [2.05, 4.69) is 4.98 Å². The van der Waals surface area contributed by atoms with Crippen LogP contribution < -0.4 is 4.74 Å². The van der Waals surface area contributed by atoms with E-state index in [9.17, 15) is 4.79 Å². The topological polar surface area (TPSA) is 42.4 Å². The van der Waals surface area contributed by atoms with Crippen LogP contribution >= 0.6 is 34.8 Å². The Morgan fingerprint density at radius 2 is 1.88 bits per heavy atom. The number of carbonyl (C=O) groups excluding carboxylic acids is 1. The molecule has 0 N–H and O–H groups in total. The first-order chi connectivity index (χ1) is 8.08. The Bertz CT molecular complexity index is 447. The van der Waals surface area contributed by atoms with Crippen molar-refractivity contribution in [1.82, 2.24) is 9.88 Å². The lowest BCUT2D eigenvalue weighted by molar-refractivity contribution is 0.161. The first-order valence-corrected chi connectivity index (χ1v) is 6.19. The molecule has 2 heterocycles. The minimum Gasteiger partial charge on any atom is -0.389 e. The average Bonchev–Trinajstić information content (AvgIpc) is 2.79. The van der Waals surface area contributed by atoms with Crippen LogP contribution in [0, 0.1) is 0 Å². The van der Waals surface area contributed by atoms with Crippen molar-refractivity contribution >= 4 is 40.9 Å². The van der Waals surface area contributed by atoms with E-state index in [1.807, 2.05) is 0 Å². The molecule has 0 spiro atoms. The van der Waals surface area contributed by atoms with Gasteiger partial charge in [0.2, 0.25) is 5.88 Å². The van der Waals surface area contributed by atoms with Crippen LogP contribution in [0.2, 0.25) is 15.2 Å². The van der Waals surface area contributed by atoms with Gasteiger partial charge in [0, 0.05) is 13.1 Å². The van der Waals surface area contributed by atoms with E-state index in [1.54, 1.807) is 4.90 Å². The predicted molar refractivity (Wildman–Crippen MR) is 66.1 cm³/mol. The zero-order valence-corrected chi connectivity index (χ0v) is 11.0. The molecule has 1 saturated heterocycles. The van der Waals surface area contributed by atoms with Crippen molar-refractivity contribution in [2.75, 3.05) is 13.1 Å². The Hall–Kier alpha value is -0.710. The van der Waals surface area contributed by atoms with Gasteiger partial charge in [0.1, 0.15) is 5.02 Å². The Labute approximate surface area is 113 Å². The van der Waals surface area contributed by atoms with Gasteiger partial charge in [-0.3, -0.25) is 0 Å². The standard InChI is InChI=1S/C10H9Cl3N2O2/c11-6-5-7(12)9(14-8(6)13)17-10(16)15-3-1-2-4-15/h5H,1-4H2. The SMILES string of the molecule is O=C(Oc1nc(Cl)c(Cl)cc1Cl)N1CCCC1. The number of carbonyl (C=O) groups is 1. The highest BCUT2D eigenvalue weighted by atomic mass is 35.5. The maximum Gasteiger partial charge on any atom is 0.416 e. The number of aromatic nitrogens is 1. The van der Waals surface area contributed by atoms with Gasteiger partial charge < -0.3 is 9.64 Å². The van der Waals surface area contributed by atoms with Crippen molar-refractivity contribution in [2.45, 2.75) is 12.8 Å². The molecular weight excluding hydrogens is 286 g/mol. The van der Waals surface area contributed by atoms with Crippen LogP contribution in [-0.4, -0.2) is 29.1 Å². The van der Waals surface area contributed by atoms with Gasteiger partial charge in [-0.05, 0) is 18.9 Å². The fraction of sp³-hybridized carbons (Fsp3) is 0.400. The van der Waals surface area contributed by atoms with Gasteiger partial charge in [-0.1, -0.05) is 34.8 Å². The molecule has 7 heteroatoms. The second kappa shape index (κ2) is 5.29. The van der Waals surface area contributed by atoms with Gasteiger partial charge >= 0.3 is 6.09 Å². The lowest BCUT2D eigenvalue weighted by Gasteiger charge is -2.14. The molecule has 0 aliphatic carbocycles. The molecule has 2 rings (SSSR count). The summed E-state index contributed by atoms with van der Waals surface area (Å²) in [6, 6.07) is 1.39. The summed E-state index contributed by atoms with van der Waals surface area (Å²) in [5.41, 5.74) is 0. The number of amides is 1. The Kier molecular flexibility index (Phi) is 3.97. The molecular formula is C10H9Cl3N2O2.